The molecule has 0 atom stereocenters. The second-order valence-electron chi connectivity index (χ2n) is 4.84. The van der Waals surface area contributed by atoms with Crippen LogP contribution in [-0.2, 0) is 4.79 Å². The smallest absolute Gasteiger partial charge is 0.230 e. The van der Waals surface area contributed by atoms with E-state index in [0.717, 1.165) is 6.54 Å². The van der Waals surface area contributed by atoms with Crippen LogP contribution in [0.4, 0.5) is 5.95 Å². The number of anilines is 1. The highest BCUT2D eigenvalue weighted by molar-refractivity contribution is 7.99. The zero-order chi connectivity index (χ0) is 13.1. The van der Waals surface area contributed by atoms with Crippen LogP contribution in [0.25, 0.3) is 0 Å². The molecule has 0 radical (unpaired) electrons. The third kappa shape index (κ3) is 3.38. The van der Waals surface area contributed by atoms with E-state index in [1.165, 1.54) is 24.6 Å². The number of carbonyl (C=O) groups excluding carboxylic acids is 1. The second kappa shape index (κ2) is 5.60. The third-order valence-corrected chi connectivity index (χ3v) is 3.77. The van der Waals surface area contributed by atoms with Crippen LogP contribution in [-0.4, -0.2) is 33.0 Å². The monoisotopic (exact) mass is 269 g/mol. The summed E-state index contributed by atoms with van der Waals surface area (Å²) in [5.41, 5.74) is 5.73. The van der Waals surface area contributed by atoms with Crippen molar-refractivity contribution in [3.63, 3.8) is 0 Å². The summed E-state index contributed by atoms with van der Waals surface area (Å²) in [5, 5.41) is 11.4. The number of nitrogens with one attached hydrogen (secondary N) is 1. The van der Waals surface area contributed by atoms with Crippen LogP contribution in [0.2, 0.25) is 0 Å². The first kappa shape index (κ1) is 13.2. The molecule has 1 fully saturated rings. The number of aromatic nitrogens is 3. The van der Waals surface area contributed by atoms with E-state index in [-0.39, 0.29) is 11.9 Å². The van der Waals surface area contributed by atoms with Crippen LogP contribution in [0, 0.1) is 5.92 Å². The highest BCUT2D eigenvalue weighted by atomic mass is 32.2. The molecule has 100 valence electrons. The first-order valence-corrected chi connectivity index (χ1v) is 7.16. The van der Waals surface area contributed by atoms with Crippen molar-refractivity contribution in [2.45, 2.75) is 37.9 Å². The average molecular weight is 269 g/mol. The van der Waals surface area contributed by atoms with Crippen molar-refractivity contribution in [3.05, 3.63) is 0 Å². The van der Waals surface area contributed by atoms with Gasteiger partial charge < -0.3 is 11.1 Å². The van der Waals surface area contributed by atoms with E-state index < -0.39 is 0 Å². The average Bonchev–Trinajstić information content (AvgIpc) is 3.06. The molecule has 6 nitrogen and oxygen atoms in total. The zero-order valence-corrected chi connectivity index (χ0v) is 11.5. The quantitative estimate of drug-likeness (QED) is 0.754. The summed E-state index contributed by atoms with van der Waals surface area (Å²) >= 11 is 1.37. The number of thioether (sulfide) groups is 1. The van der Waals surface area contributed by atoms with E-state index in [4.69, 9.17) is 5.73 Å². The van der Waals surface area contributed by atoms with Crippen molar-refractivity contribution in [2.24, 2.45) is 5.92 Å². The predicted octanol–water partition coefficient (Wildman–Crippen LogP) is 1.06. The Morgan fingerprint density at radius 2 is 2.28 bits per heavy atom. The Morgan fingerprint density at radius 3 is 2.89 bits per heavy atom. The van der Waals surface area contributed by atoms with Gasteiger partial charge in [-0.2, -0.15) is 0 Å². The lowest BCUT2D eigenvalue weighted by atomic mass is 10.4. The van der Waals surface area contributed by atoms with Crippen molar-refractivity contribution >= 4 is 23.6 Å². The maximum Gasteiger partial charge on any atom is 0.230 e. The Hall–Kier alpha value is -1.24. The summed E-state index contributed by atoms with van der Waals surface area (Å²) in [4.78, 5) is 11.6. The van der Waals surface area contributed by atoms with Crippen molar-refractivity contribution in [1.29, 1.82) is 0 Å². The van der Waals surface area contributed by atoms with E-state index in [1.54, 1.807) is 0 Å². The van der Waals surface area contributed by atoms with Crippen LogP contribution >= 0.6 is 11.8 Å². The van der Waals surface area contributed by atoms with Crippen molar-refractivity contribution in [2.75, 3.05) is 18.0 Å². The van der Waals surface area contributed by atoms with Crippen molar-refractivity contribution in [1.82, 2.24) is 20.1 Å². The van der Waals surface area contributed by atoms with Gasteiger partial charge in [-0.05, 0) is 32.6 Å². The molecule has 0 aromatic carbocycles. The van der Waals surface area contributed by atoms with E-state index in [1.807, 2.05) is 18.4 Å². The fraction of sp³-hybridized carbons (Fsp3) is 0.727. The van der Waals surface area contributed by atoms with Crippen LogP contribution in [0.3, 0.4) is 0 Å². The Bertz CT molecular complexity index is 427. The van der Waals surface area contributed by atoms with Gasteiger partial charge in [0.2, 0.25) is 11.9 Å². The fourth-order valence-corrected chi connectivity index (χ4v) is 2.54. The van der Waals surface area contributed by atoms with Crippen LogP contribution in [0.15, 0.2) is 5.16 Å². The molecule has 18 heavy (non-hydrogen) atoms. The first-order valence-electron chi connectivity index (χ1n) is 6.17. The maximum absolute atomic E-state index is 11.6. The number of nitrogens with two attached hydrogens (primary N) is 1. The van der Waals surface area contributed by atoms with Gasteiger partial charge in [-0.15, -0.1) is 10.2 Å². The SMILES string of the molecule is CC(C)n1c(N)nnc1SCC(=O)NCC1CC1. The number of amides is 1. The van der Waals surface area contributed by atoms with Gasteiger partial charge in [0, 0.05) is 12.6 Å². The minimum absolute atomic E-state index is 0.0452. The van der Waals surface area contributed by atoms with Gasteiger partial charge >= 0.3 is 0 Å². The number of rotatable bonds is 6. The first-order chi connectivity index (χ1) is 8.58. The standard InChI is InChI=1S/C11H19N5OS/c1-7(2)16-10(12)14-15-11(16)18-6-9(17)13-5-8-3-4-8/h7-8H,3-6H2,1-2H3,(H2,12,14)(H,13,17). The van der Waals surface area contributed by atoms with E-state index in [2.05, 4.69) is 15.5 Å². The lowest BCUT2D eigenvalue weighted by Crippen LogP contribution is -2.27. The highest BCUT2D eigenvalue weighted by Gasteiger charge is 2.21. The number of nitrogen functional groups attached to an aromatic ring is 1. The zero-order valence-electron chi connectivity index (χ0n) is 10.7. The van der Waals surface area contributed by atoms with E-state index in [9.17, 15) is 4.79 Å². The summed E-state index contributed by atoms with van der Waals surface area (Å²) in [5.74, 6) is 1.50. The largest absolute Gasteiger partial charge is 0.368 e. The molecule has 1 aromatic rings. The summed E-state index contributed by atoms with van der Waals surface area (Å²) < 4.78 is 1.83. The molecule has 0 saturated heterocycles. The minimum Gasteiger partial charge on any atom is -0.368 e. The predicted molar refractivity (Wildman–Crippen MR) is 71.3 cm³/mol. The fourth-order valence-electron chi connectivity index (χ4n) is 1.63. The molecule has 0 aliphatic heterocycles. The van der Waals surface area contributed by atoms with Crippen LogP contribution < -0.4 is 11.1 Å². The number of hydrogen-bond acceptors (Lipinski definition) is 5. The van der Waals surface area contributed by atoms with Crippen molar-refractivity contribution in [3.8, 4) is 0 Å². The van der Waals surface area contributed by atoms with Gasteiger partial charge in [0.05, 0.1) is 5.75 Å². The second-order valence-corrected chi connectivity index (χ2v) is 5.78. The number of nitrogens with zero attached hydrogens (tertiary/aromatic N) is 3. The van der Waals surface area contributed by atoms with Gasteiger partial charge in [0.1, 0.15) is 0 Å². The summed E-state index contributed by atoms with van der Waals surface area (Å²) in [7, 11) is 0. The summed E-state index contributed by atoms with van der Waals surface area (Å²) in [6.45, 7) is 4.83. The molecule has 0 spiro atoms. The number of hydrogen-bond donors (Lipinski definition) is 2. The summed E-state index contributed by atoms with van der Waals surface area (Å²) in [6.07, 6.45) is 2.48. The lowest BCUT2D eigenvalue weighted by Gasteiger charge is -2.11. The van der Waals surface area contributed by atoms with E-state index in [0.29, 0.717) is 22.8 Å². The topological polar surface area (TPSA) is 85.8 Å². The molecule has 1 aliphatic rings. The molecule has 1 saturated carbocycles. The molecular formula is C11H19N5OS. The molecular weight excluding hydrogens is 250 g/mol. The molecule has 2 rings (SSSR count). The van der Waals surface area contributed by atoms with Gasteiger partial charge in [-0.1, -0.05) is 11.8 Å². The van der Waals surface area contributed by atoms with Crippen molar-refractivity contribution < 1.29 is 4.79 Å². The summed E-state index contributed by atoms with van der Waals surface area (Å²) in [6, 6.07) is 0.192. The third-order valence-electron chi connectivity index (χ3n) is 2.82. The molecule has 1 amide bonds. The maximum atomic E-state index is 11.6. The molecule has 0 bridgehead atoms. The van der Waals surface area contributed by atoms with Crippen LogP contribution in [0.1, 0.15) is 32.7 Å². The molecule has 1 aromatic heterocycles. The van der Waals surface area contributed by atoms with Gasteiger partial charge in [-0.3, -0.25) is 9.36 Å². The van der Waals surface area contributed by atoms with Crippen LogP contribution in [0.5, 0.6) is 0 Å². The Labute approximate surface area is 111 Å². The Morgan fingerprint density at radius 1 is 1.56 bits per heavy atom. The van der Waals surface area contributed by atoms with E-state index >= 15 is 0 Å². The van der Waals surface area contributed by atoms with Gasteiger partial charge in [0.15, 0.2) is 5.16 Å². The molecule has 7 heteroatoms. The van der Waals surface area contributed by atoms with Gasteiger partial charge in [0.25, 0.3) is 0 Å². The lowest BCUT2D eigenvalue weighted by molar-refractivity contribution is -0.118. The Balaban J connectivity index is 1.83. The highest BCUT2D eigenvalue weighted by Crippen LogP contribution is 2.27. The molecule has 1 aliphatic carbocycles. The molecule has 0 unspecified atom stereocenters. The Kier molecular flexibility index (Phi) is 4.11. The molecule has 1 heterocycles. The normalized spacial score (nSPS) is 15.1. The minimum atomic E-state index is 0.0452. The molecule has 3 N–H and O–H groups in total. The van der Waals surface area contributed by atoms with Gasteiger partial charge in [-0.25, -0.2) is 0 Å². The number of carbonyl (C=O) groups is 1.